The van der Waals surface area contributed by atoms with Crippen molar-refractivity contribution in [1.82, 2.24) is 9.55 Å². The van der Waals surface area contributed by atoms with E-state index in [0.29, 0.717) is 30.9 Å². The summed E-state index contributed by atoms with van der Waals surface area (Å²) in [7, 11) is 0. The second kappa shape index (κ2) is 8.33. The summed E-state index contributed by atoms with van der Waals surface area (Å²) in [4.78, 5) is 4.66. The van der Waals surface area contributed by atoms with E-state index in [1.807, 2.05) is 39.0 Å². The van der Waals surface area contributed by atoms with Gasteiger partial charge in [-0.1, -0.05) is 15.9 Å². The fourth-order valence-corrected chi connectivity index (χ4v) is 3.40. The molecule has 0 amide bonds. The third-order valence-electron chi connectivity index (χ3n) is 4.18. The van der Waals surface area contributed by atoms with E-state index in [1.165, 1.54) is 0 Å². The third kappa shape index (κ3) is 4.00. The summed E-state index contributed by atoms with van der Waals surface area (Å²) in [5.74, 6) is 0.835. The van der Waals surface area contributed by atoms with Crippen LogP contribution in [0.15, 0.2) is 28.9 Å². The maximum Gasteiger partial charge on any atom is 0.227 e. The Morgan fingerprint density at radius 1 is 1.35 bits per heavy atom. The molecule has 0 spiro atoms. The molecule has 0 radical (unpaired) electrons. The molecule has 0 aliphatic rings. The Balaban J connectivity index is 2.07. The number of ether oxygens (including phenoxy) is 2. The van der Waals surface area contributed by atoms with Crippen molar-refractivity contribution in [2.75, 3.05) is 13.2 Å². The van der Waals surface area contributed by atoms with Crippen LogP contribution in [-0.4, -0.2) is 28.9 Å². The first-order chi connectivity index (χ1) is 12.5. The van der Waals surface area contributed by atoms with E-state index in [9.17, 15) is 5.21 Å². The van der Waals surface area contributed by atoms with E-state index in [1.54, 1.807) is 6.20 Å². The minimum Gasteiger partial charge on any atom is -0.618 e. The van der Waals surface area contributed by atoms with Crippen LogP contribution in [0.4, 0.5) is 0 Å². The minimum absolute atomic E-state index is 0.218. The smallest absolute Gasteiger partial charge is 0.227 e. The molecule has 0 aliphatic heterocycles. The summed E-state index contributed by atoms with van der Waals surface area (Å²) in [6.07, 6.45) is 2.63. The van der Waals surface area contributed by atoms with Crippen LogP contribution in [0.1, 0.15) is 33.0 Å². The van der Waals surface area contributed by atoms with Crippen molar-refractivity contribution in [1.29, 1.82) is 0 Å². The van der Waals surface area contributed by atoms with E-state index in [-0.39, 0.29) is 6.10 Å². The zero-order valence-corrected chi connectivity index (χ0v) is 17.0. The maximum absolute atomic E-state index is 12.4. The SMILES string of the molecule is CCOCc1nc2c[n+]([O-])c3cc(Br)ccc3c2n1CCCOC(C)C. The van der Waals surface area contributed by atoms with Crippen LogP contribution < -0.4 is 4.73 Å². The highest BCUT2D eigenvalue weighted by molar-refractivity contribution is 9.10. The van der Waals surface area contributed by atoms with E-state index in [0.717, 1.165) is 38.9 Å². The largest absolute Gasteiger partial charge is 0.618 e. The van der Waals surface area contributed by atoms with Gasteiger partial charge in [0.2, 0.25) is 11.7 Å². The van der Waals surface area contributed by atoms with Crippen LogP contribution in [0.5, 0.6) is 0 Å². The Hall–Kier alpha value is -1.70. The lowest BCUT2D eigenvalue weighted by Gasteiger charge is -2.12. The molecule has 0 unspecified atom stereocenters. The predicted octanol–water partition coefficient (Wildman–Crippen LogP) is 3.94. The number of rotatable bonds is 8. The molecule has 0 bridgehead atoms. The first-order valence-electron chi connectivity index (χ1n) is 8.91. The molecule has 2 aromatic heterocycles. The second-order valence-electron chi connectivity index (χ2n) is 6.44. The standard InChI is InChI=1S/C19H24BrN3O3/c1-4-25-12-18-21-16-11-23(24)17-10-14(20)6-7-15(17)19(16)22(18)8-5-9-26-13(2)3/h6-7,10-11,13H,4-5,8-9,12H2,1-3H3. The quantitative estimate of drug-likeness (QED) is 0.314. The molecule has 0 fully saturated rings. The van der Waals surface area contributed by atoms with Gasteiger partial charge in [-0.2, -0.15) is 4.73 Å². The monoisotopic (exact) mass is 421 g/mol. The maximum atomic E-state index is 12.4. The van der Waals surface area contributed by atoms with Crippen LogP contribution in [0.25, 0.3) is 21.9 Å². The highest BCUT2D eigenvalue weighted by atomic mass is 79.9. The number of aryl methyl sites for hydroxylation is 1. The molecular formula is C19H24BrN3O3. The minimum atomic E-state index is 0.218. The van der Waals surface area contributed by atoms with Crippen LogP contribution in [-0.2, 0) is 22.6 Å². The van der Waals surface area contributed by atoms with Gasteiger partial charge >= 0.3 is 0 Å². The van der Waals surface area contributed by atoms with Crippen molar-refractivity contribution in [2.24, 2.45) is 0 Å². The van der Waals surface area contributed by atoms with Gasteiger partial charge in [0.25, 0.3) is 0 Å². The van der Waals surface area contributed by atoms with Crippen molar-refractivity contribution in [3.8, 4) is 0 Å². The van der Waals surface area contributed by atoms with Gasteiger partial charge in [0.15, 0.2) is 5.52 Å². The molecule has 0 atom stereocenters. The zero-order valence-electron chi connectivity index (χ0n) is 15.4. The Bertz CT molecular complexity index is 908. The Kier molecular flexibility index (Phi) is 6.11. The van der Waals surface area contributed by atoms with Gasteiger partial charge in [-0.05, 0) is 39.3 Å². The topological polar surface area (TPSA) is 63.2 Å². The van der Waals surface area contributed by atoms with Crippen LogP contribution in [0, 0.1) is 5.21 Å². The Labute approximate surface area is 161 Å². The number of hydrogen-bond donors (Lipinski definition) is 0. The second-order valence-corrected chi connectivity index (χ2v) is 7.36. The average Bonchev–Trinajstić information content (AvgIpc) is 2.94. The summed E-state index contributed by atoms with van der Waals surface area (Å²) < 4.78 is 15.2. The molecule has 6 nitrogen and oxygen atoms in total. The average molecular weight is 422 g/mol. The fraction of sp³-hybridized carbons (Fsp3) is 0.474. The first-order valence-corrected chi connectivity index (χ1v) is 9.70. The summed E-state index contributed by atoms with van der Waals surface area (Å²) in [6.45, 7) is 8.52. The molecule has 0 saturated carbocycles. The highest BCUT2D eigenvalue weighted by Crippen LogP contribution is 2.26. The molecule has 1 aromatic carbocycles. The number of benzene rings is 1. The van der Waals surface area contributed by atoms with Crippen molar-refractivity contribution < 1.29 is 14.2 Å². The highest BCUT2D eigenvalue weighted by Gasteiger charge is 2.19. The Morgan fingerprint density at radius 2 is 2.15 bits per heavy atom. The zero-order chi connectivity index (χ0) is 18.7. The molecule has 0 saturated heterocycles. The fourth-order valence-electron chi connectivity index (χ4n) is 3.05. The van der Waals surface area contributed by atoms with E-state index in [2.05, 4.69) is 25.5 Å². The summed E-state index contributed by atoms with van der Waals surface area (Å²) in [6, 6.07) is 5.75. The van der Waals surface area contributed by atoms with Gasteiger partial charge in [-0.3, -0.25) is 0 Å². The lowest BCUT2D eigenvalue weighted by Crippen LogP contribution is -2.26. The molecule has 3 aromatic rings. The van der Waals surface area contributed by atoms with Crippen molar-refractivity contribution >= 4 is 37.9 Å². The predicted molar refractivity (Wildman–Crippen MR) is 105 cm³/mol. The van der Waals surface area contributed by atoms with Crippen LogP contribution in [0.3, 0.4) is 0 Å². The number of aromatic nitrogens is 3. The number of halogens is 1. The third-order valence-corrected chi connectivity index (χ3v) is 4.67. The molecule has 26 heavy (non-hydrogen) atoms. The van der Waals surface area contributed by atoms with Gasteiger partial charge < -0.3 is 19.2 Å². The van der Waals surface area contributed by atoms with Gasteiger partial charge in [-0.15, -0.1) is 0 Å². The van der Waals surface area contributed by atoms with E-state index >= 15 is 0 Å². The summed E-state index contributed by atoms with van der Waals surface area (Å²) in [5.41, 5.74) is 2.28. The molecular weight excluding hydrogens is 398 g/mol. The number of hydrogen-bond acceptors (Lipinski definition) is 4. The lowest BCUT2D eigenvalue weighted by atomic mass is 10.2. The molecule has 0 aliphatic carbocycles. The molecule has 2 heterocycles. The summed E-state index contributed by atoms with van der Waals surface area (Å²) >= 11 is 3.44. The molecule has 140 valence electrons. The summed E-state index contributed by atoms with van der Waals surface area (Å²) in [5, 5.41) is 13.3. The van der Waals surface area contributed by atoms with E-state index in [4.69, 9.17) is 9.47 Å². The lowest BCUT2D eigenvalue weighted by molar-refractivity contribution is -0.575. The number of fused-ring (bicyclic) bond motifs is 3. The number of imidazole rings is 1. The van der Waals surface area contributed by atoms with E-state index < -0.39 is 0 Å². The van der Waals surface area contributed by atoms with Crippen LogP contribution >= 0.6 is 15.9 Å². The first kappa shape index (κ1) is 19.1. The van der Waals surface area contributed by atoms with Gasteiger partial charge in [0.1, 0.15) is 12.4 Å². The van der Waals surface area contributed by atoms with Crippen molar-refractivity contribution in [3.05, 3.63) is 39.9 Å². The molecule has 3 rings (SSSR count). The number of nitrogens with zero attached hydrogens (tertiary/aromatic N) is 3. The van der Waals surface area contributed by atoms with Crippen LogP contribution in [0.2, 0.25) is 0 Å². The number of pyridine rings is 1. The van der Waals surface area contributed by atoms with Gasteiger partial charge in [0, 0.05) is 30.3 Å². The normalized spacial score (nSPS) is 11.9. The van der Waals surface area contributed by atoms with Gasteiger partial charge in [-0.25, -0.2) is 4.98 Å². The molecule has 0 N–H and O–H groups in total. The van der Waals surface area contributed by atoms with Crippen molar-refractivity contribution in [2.45, 2.75) is 46.4 Å². The molecule has 7 heteroatoms. The Morgan fingerprint density at radius 3 is 2.88 bits per heavy atom. The van der Waals surface area contributed by atoms with Gasteiger partial charge in [0.05, 0.1) is 17.0 Å². The van der Waals surface area contributed by atoms with Crippen molar-refractivity contribution in [3.63, 3.8) is 0 Å².